The molecule has 2 saturated heterocycles. The van der Waals surface area contributed by atoms with Crippen molar-refractivity contribution in [3.63, 3.8) is 0 Å². The number of aryl methyl sites for hydroxylation is 1. The lowest BCUT2D eigenvalue weighted by Crippen LogP contribution is -2.44. The highest BCUT2D eigenvalue weighted by Gasteiger charge is 2.41. The van der Waals surface area contributed by atoms with Crippen molar-refractivity contribution in [2.24, 2.45) is 12.5 Å². The van der Waals surface area contributed by atoms with Crippen LogP contribution in [0.1, 0.15) is 30.4 Å². The summed E-state index contributed by atoms with van der Waals surface area (Å²) in [4.78, 5) is 5.26. The van der Waals surface area contributed by atoms with Gasteiger partial charge in [0.1, 0.15) is 5.75 Å². The van der Waals surface area contributed by atoms with Crippen LogP contribution in [0.5, 0.6) is 5.75 Å². The average Bonchev–Trinajstić information content (AvgIpc) is 3.22. The van der Waals surface area contributed by atoms with Crippen molar-refractivity contribution in [1.82, 2.24) is 19.6 Å². The van der Waals surface area contributed by atoms with Gasteiger partial charge in [-0.15, -0.1) is 0 Å². The van der Waals surface area contributed by atoms with Crippen molar-refractivity contribution in [2.45, 2.75) is 32.4 Å². The van der Waals surface area contributed by atoms with Crippen LogP contribution in [0.4, 0.5) is 0 Å². The Morgan fingerprint density at radius 1 is 1.08 bits per heavy atom. The molecule has 2 aliphatic rings. The standard InChI is InChI=1S/C21H30N4O/c1-23-13-19(12-22-23)15-25-10-8-21(17-25)7-4-9-24(16-21)14-18-5-3-6-20(11-18)26-2/h3,5-6,11-13H,4,7-10,14-17H2,1-2H3/t21-/m1/s1. The van der Waals surface area contributed by atoms with Crippen LogP contribution in [0.15, 0.2) is 36.7 Å². The van der Waals surface area contributed by atoms with Crippen molar-refractivity contribution in [3.8, 4) is 5.75 Å². The predicted octanol–water partition coefficient (Wildman–Crippen LogP) is 2.92. The van der Waals surface area contributed by atoms with E-state index in [9.17, 15) is 0 Å². The van der Waals surface area contributed by atoms with Crippen LogP contribution in [0.3, 0.4) is 0 Å². The normalized spacial score (nSPS) is 24.4. The molecule has 0 unspecified atom stereocenters. The summed E-state index contributed by atoms with van der Waals surface area (Å²) in [6, 6.07) is 8.51. The highest BCUT2D eigenvalue weighted by Crippen LogP contribution is 2.39. The van der Waals surface area contributed by atoms with Crippen LogP contribution in [0.2, 0.25) is 0 Å². The van der Waals surface area contributed by atoms with Crippen molar-refractivity contribution in [2.75, 3.05) is 33.3 Å². The van der Waals surface area contributed by atoms with Crippen molar-refractivity contribution >= 4 is 0 Å². The van der Waals surface area contributed by atoms with Gasteiger partial charge in [0, 0.05) is 45.0 Å². The third-order valence-corrected chi connectivity index (χ3v) is 5.96. The number of aromatic nitrogens is 2. The lowest BCUT2D eigenvalue weighted by molar-refractivity contribution is 0.0866. The molecule has 4 rings (SSSR count). The molecule has 0 bridgehead atoms. The molecule has 26 heavy (non-hydrogen) atoms. The highest BCUT2D eigenvalue weighted by molar-refractivity contribution is 5.28. The van der Waals surface area contributed by atoms with Gasteiger partial charge in [-0.1, -0.05) is 12.1 Å². The minimum absolute atomic E-state index is 0.472. The Morgan fingerprint density at radius 2 is 1.88 bits per heavy atom. The summed E-state index contributed by atoms with van der Waals surface area (Å²) in [5, 5.41) is 4.31. The fraction of sp³-hybridized carbons (Fsp3) is 0.571. The molecule has 5 heteroatoms. The summed E-state index contributed by atoms with van der Waals surface area (Å²) in [6.45, 7) is 6.92. The molecular weight excluding hydrogens is 324 g/mol. The Kier molecular flexibility index (Phi) is 5.00. The minimum atomic E-state index is 0.472. The van der Waals surface area contributed by atoms with E-state index < -0.39 is 0 Å². The van der Waals surface area contributed by atoms with Gasteiger partial charge >= 0.3 is 0 Å². The van der Waals surface area contributed by atoms with E-state index in [-0.39, 0.29) is 0 Å². The van der Waals surface area contributed by atoms with E-state index in [1.807, 2.05) is 24.0 Å². The first-order valence-electron chi connectivity index (χ1n) is 9.69. The maximum Gasteiger partial charge on any atom is 0.119 e. The van der Waals surface area contributed by atoms with Gasteiger partial charge < -0.3 is 4.74 Å². The number of ether oxygens (including phenoxy) is 1. The van der Waals surface area contributed by atoms with Crippen LogP contribution in [-0.2, 0) is 20.1 Å². The number of benzene rings is 1. The fourth-order valence-corrected chi connectivity index (χ4v) is 4.78. The van der Waals surface area contributed by atoms with E-state index in [2.05, 4.69) is 39.3 Å². The van der Waals surface area contributed by atoms with Gasteiger partial charge in [0.15, 0.2) is 0 Å². The second-order valence-electron chi connectivity index (χ2n) is 8.15. The lowest BCUT2D eigenvalue weighted by Gasteiger charge is -2.40. The van der Waals surface area contributed by atoms with Gasteiger partial charge in [-0.3, -0.25) is 14.5 Å². The monoisotopic (exact) mass is 354 g/mol. The van der Waals surface area contributed by atoms with E-state index in [1.54, 1.807) is 7.11 Å². The second-order valence-corrected chi connectivity index (χ2v) is 8.15. The number of hydrogen-bond donors (Lipinski definition) is 0. The van der Waals surface area contributed by atoms with E-state index in [0.717, 1.165) is 18.8 Å². The van der Waals surface area contributed by atoms with Gasteiger partial charge in [-0.2, -0.15) is 5.10 Å². The number of methoxy groups -OCH3 is 1. The van der Waals surface area contributed by atoms with Crippen molar-refractivity contribution in [3.05, 3.63) is 47.8 Å². The van der Waals surface area contributed by atoms with Crippen molar-refractivity contribution < 1.29 is 4.74 Å². The van der Waals surface area contributed by atoms with Gasteiger partial charge in [-0.05, 0) is 55.5 Å². The van der Waals surface area contributed by atoms with E-state index >= 15 is 0 Å². The summed E-state index contributed by atoms with van der Waals surface area (Å²) < 4.78 is 7.28. The number of rotatable bonds is 5. The number of likely N-dealkylation sites (tertiary alicyclic amines) is 2. The SMILES string of the molecule is COc1cccc(CN2CCC[C@@]3(CCN(Cc4cnn(C)c4)C3)C2)c1. The molecule has 2 aromatic rings. The maximum atomic E-state index is 5.38. The summed E-state index contributed by atoms with van der Waals surface area (Å²) >= 11 is 0. The smallest absolute Gasteiger partial charge is 0.119 e. The first-order chi connectivity index (χ1) is 12.6. The third-order valence-electron chi connectivity index (χ3n) is 5.96. The first-order valence-corrected chi connectivity index (χ1v) is 9.69. The molecule has 5 nitrogen and oxygen atoms in total. The molecule has 1 aromatic heterocycles. The molecule has 2 fully saturated rings. The summed E-state index contributed by atoms with van der Waals surface area (Å²) in [7, 11) is 3.73. The second kappa shape index (κ2) is 7.41. The highest BCUT2D eigenvalue weighted by atomic mass is 16.5. The molecule has 1 aromatic carbocycles. The Labute approximate surface area is 156 Å². The number of piperidine rings is 1. The molecule has 2 aliphatic heterocycles. The number of hydrogen-bond acceptors (Lipinski definition) is 4. The van der Waals surface area contributed by atoms with Crippen LogP contribution >= 0.6 is 0 Å². The molecule has 3 heterocycles. The molecular formula is C21H30N4O. The van der Waals surface area contributed by atoms with Gasteiger partial charge in [0.2, 0.25) is 0 Å². The zero-order chi connectivity index (χ0) is 18.0. The molecule has 1 atom stereocenters. The van der Waals surface area contributed by atoms with Crippen molar-refractivity contribution in [1.29, 1.82) is 0 Å². The summed E-state index contributed by atoms with van der Waals surface area (Å²) in [5.74, 6) is 0.956. The molecule has 0 amide bonds. The molecule has 0 saturated carbocycles. The first kappa shape index (κ1) is 17.6. The van der Waals surface area contributed by atoms with E-state index in [0.29, 0.717) is 5.41 Å². The molecule has 1 spiro atoms. The third kappa shape index (κ3) is 3.94. The Hall–Kier alpha value is -1.85. The molecule has 0 N–H and O–H groups in total. The van der Waals surface area contributed by atoms with Crippen LogP contribution in [0.25, 0.3) is 0 Å². The topological polar surface area (TPSA) is 33.5 Å². The van der Waals surface area contributed by atoms with Crippen LogP contribution < -0.4 is 4.74 Å². The summed E-state index contributed by atoms with van der Waals surface area (Å²) in [6.07, 6.45) is 8.14. The quantitative estimate of drug-likeness (QED) is 0.827. The Morgan fingerprint density at radius 3 is 2.65 bits per heavy atom. The average molecular weight is 354 g/mol. The van der Waals surface area contributed by atoms with Gasteiger partial charge in [0.25, 0.3) is 0 Å². The maximum absolute atomic E-state index is 5.38. The molecule has 0 aliphatic carbocycles. The van der Waals surface area contributed by atoms with E-state index in [4.69, 9.17) is 4.74 Å². The zero-order valence-corrected chi connectivity index (χ0v) is 16.0. The Bertz CT molecular complexity index is 743. The molecule has 140 valence electrons. The van der Waals surface area contributed by atoms with Gasteiger partial charge in [0.05, 0.1) is 13.3 Å². The predicted molar refractivity (Wildman–Crippen MR) is 103 cm³/mol. The van der Waals surface area contributed by atoms with Gasteiger partial charge in [-0.25, -0.2) is 0 Å². The summed E-state index contributed by atoms with van der Waals surface area (Å²) in [5.41, 5.74) is 3.15. The fourth-order valence-electron chi connectivity index (χ4n) is 4.78. The largest absolute Gasteiger partial charge is 0.497 e. The molecule has 0 radical (unpaired) electrons. The minimum Gasteiger partial charge on any atom is -0.497 e. The van der Waals surface area contributed by atoms with Crippen LogP contribution in [0, 0.1) is 5.41 Å². The van der Waals surface area contributed by atoms with E-state index in [1.165, 1.54) is 56.6 Å². The number of nitrogens with zero attached hydrogens (tertiary/aromatic N) is 4. The lowest BCUT2D eigenvalue weighted by atomic mass is 9.79. The van der Waals surface area contributed by atoms with Crippen LogP contribution in [-0.4, -0.2) is 52.9 Å². The Balaban J connectivity index is 1.37. The zero-order valence-electron chi connectivity index (χ0n) is 16.0.